The van der Waals surface area contributed by atoms with E-state index in [4.69, 9.17) is 0 Å². The molecule has 7 heteroatoms. The highest BCUT2D eigenvalue weighted by molar-refractivity contribution is 5.80. The summed E-state index contributed by atoms with van der Waals surface area (Å²) in [4.78, 5) is 4.28. The number of hydrogen-bond donors (Lipinski definition) is 1. The summed E-state index contributed by atoms with van der Waals surface area (Å²) >= 11 is 0. The normalized spacial score (nSPS) is 13.6. The van der Waals surface area contributed by atoms with Crippen molar-refractivity contribution in [3.05, 3.63) is 48.3 Å². The summed E-state index contributed by atoms with van der Waals surface area (Å²) in [6.07, 6.45) is -1.85. The van der Waals surface area contributed by atoms with Crippen molar-refractivity contribution < 1.29 is 18.3 Å². The van der Waals surface area contributed by atoms with E-state index >= 15 is 0 Å². The largest absolute Gasteiger partial charge is 0.416 e. The van der Waals surface area contributed by atoms with Crippen molar-refractivity contribution in [1.82, 2.24) is 14.8 Å². The Morgan fingerprint density at radius 3 is 2.56 bits per heavy atom. The lowest BCUT2D eigenvalue weighted by Gasteiger charge is -2.15. The summed E-state index contributed by atoms with van der Waals surface area (Å²) in [6.45, 7) is 4.11. The van der Waals surface area contributed by atoms with Crippen LogP contribution in [0.1, 0.15) is 19.4 Å². The van der Waals surface area contributed by atoms with Gasteiger partial charge >= 0.3 is 6.18 Å². The van der Waals surface area contributed by atoms with Gasteiger partial charge in [-0.3, -0.25) is 9.67 Å². The molecule has 25 heavy (non-hydrogen) atoms. The molecule has 1 N–H and O–H groups in total. The van der Waals surface area contributed by atoms with Crippen LogP contribution in [-0.4, -0.2) is 26.0 Å². The van der Waals surface area contributed by atoms with Gasteiger partial charge in [0, 0.05) is 11.8 Å². The number of nitrogens with zero attached hydrogens (tertiary/aromatic N) is 3. The average Bonchev–Trinajstić information content (AvgIpc) is 2.96. The quantitative estimate of drug-likeness (QED) is 0.770. The fourth-order valence-electron chi connectivity index (χ4n) is 2.52. The van der Waals surface area contributed by atoms with Gasteiger partial charge < -0.3 is 5.11 Å². The molecule has 0 spiro atoms. The number of hydrogen-bond acceptors (Lipinski definition) is 3. The standard InChI is InChI=1S/C18H18F3N3O/c1-11(2)17(25)10-24-16-7-13(8-22-15(16)9-23-24)12-4-3-5-14(6-12)18(19,20)21/h3-9,11,17,25H,10H2,1-2H3. The smallest absolute Gasteiger partial charge is 0.391 e. The topological polar surface area (TPSA) is 50.9 Å². The van der Waals surface area contributed by atoms with Gasteiger partial charge in [-0.1, -0.05) is 26.0 Å². The molecule has 132 valence electrons. The van der Waals surface area contributed by atoms with Gasteiger partial charge in [-0.25, -0.2) is 0 Å². The molecule has 4 nitrogen and oxygen atoms in total. The van der Waals surface area contributed by atoms with Crippen LogP contribution in [0, 0.1) is 5.92 Å². The Morgan fingerprint density at radius 2 is 1.88 bits per heavy atom. The van der Waals surface area contributed by atoms with E-state index in [-0.39, 0.29) is 5.92 Å². The highest BCUT2D eigenvalue weighted by Crippen LogP contribution is 2.32. The minimum absolute atomic E-state index is 0.0684. The van der Waals surface area contributed by atoms with Gasteiger partial charge in [-0.15, -0.1) is 0 Å². The number of pyridine rings is 1. The Kier molecular flexibility index (Phi) is 4.51. The van der Waals surface area contributed by atoms with E-state index < -0.39 is 17.8 Å². The van der Waals surface area contributed by atoms with E-state index in [9.17, 15) is 18.3 Å². The molecule has 0 bridgehead atoms. The van der Waals surface area contributed by atoms with E-state index in [2.05, 4.69) is 10.1 Å². The highest BCUT2D eigenvalue weighted by atomic mass is 19.4. The first-order valence-corrected chi connectivity index (χ1v) is 7.93. The summed E-state index contributed by atoms with van der Waals surface area (Å²) in [6, 6.07) is 6.88. The van der Waals surface area contributed by atoms with Crippen LogP contribution in [0.25, 0.3) is 22.2 Å². The summed E-state index contributed by atoms with van der Waals surface area (Å²) in [5, 5.41) is 14.3. The minimum Gasteiger partial charge on any atom is -0.391 e. The van der Waals surface area contributed by atoms with Gasteiger partial charge in [0.1, 0.15) is 5.52 Å². The first-order valence-electron chi connectivity index (χ1n) is 7.93. The van der Waals surface area contributed by atoms with E-state index in [0.717, 1.165) is 12.1 Å². The summed E-state index contributed by atoms with van der Waals surface area (Å²) < 4.78 is 40.4. The predicted octanol–water partition coefficient (Wildman–Crippen LogP) is 4.13. The number of benzene rings is 1. The Labute approximate surface area is 142 Å². The number of halogens is 3. The first-order chi connectivity index (χ1) is 11.8. The first kappa shape index (κ1) is 17.4. The number of rotatable bonds is 4. The molecule has 1 aromatic carbocycles. The van der Waals surface area contributed by atoms with Crippen molar-refractivity contribution in [2.24, 2.45) is 5.92 Å². The molecule has 3 rings (SSSR count). The van der Waals surface area contributed by atoms with Crippen LogP contribution < -0.4 is 0 Å². The third kappa shape index (κ3) is 3.66. The zero-order valence-electron chi connectivity index (χ0n) is 13.8. The second-order valence-electron chi connectivity index (χ2n) is 6.34. The van der Waals surface area contributed by atoms with Crippen molar-refractivity contribution in [3.63, 3.8) is 0 Å². The van der Waals surface area contributed by atoms with Gasteiger partial charge in [0.05, 0.1) is 29.9 Å². The van der Waals surface area contributed by atoms with Gasteiger partial charge in [-0.2, -0.15) is 18.3 Å². The van der Waals surface area contributed by atoms with Crippen molar-refractivity contribution in [2.45, 2.75) is 32.7 Å². The average molecular weight is 349 g/mol. The molecule has 0 fully saturated rings. The summed E-state index contributed by atoms with van der Waals surface area (Å²) in [5.41, 5.74) is 1.61. The SMILES string of the molecule is CC(C)C(O)Cn1ncc2ncc(-c3cccc(C(F)(F)F)c3)cc21. The zero-order chi connectivity index (χ0) is 18.2. The molecule has 0 aliphatic rings. The number of alkyl halides is 3. The number of aliphatic hydroxyl groups is 1. The lowest BCUT2D eigenvalue weighted by Crippen LogP contribution is -2.22. The lowest BCUT2D eigenvalue weighted by atomic mass is 10.0. The summed E-state index contributed by atoms with van der Waals surface area (Å²) in [7, 11) is 0. The van der Waals surface area contributed by atoms with Gasteiger partial charge in [0.2, 0.25) is 0 Å². The molecule has 2 heterocycles. The molecule has 0 saturated carbocycles. The van der Waals surface area contributed by atoms with E-state index in [0.29, 0.717) is 28.7 Å². The number of aromatic nitrogens is 3. The maximum Gasteiger partial charge on any atom is 0.416 e. The van der Waals surface area contributed by atoms with Crippen molar-refractivity contribution in [2.75, 3.05) is 0 Å². The fraction of sp³-hybridized carbons (Fsp3) is 0.333. The predicted molar refractivity (Wildman–Crippen MR) is 88.8 cm³/mol. The van der Waals surface area contributed by atoms with Crippen LogP contribution in [0.15, 0.2) is 42.7 Å². The van der Waals surface area contributed by atoms with E-state index in [1.165, 1.54) is 12.3 Å². The number of fused-ring (bicyclic) bond motifs is 1. The third-order valence-corrected chi connectivity index (χ3v) is 4.15. The summed E-state index contributed by atoms with van der Waals surface area (Å²) in [5.74, 6) is 0.0684. The molecule has 2 aromatic heterocycles. The lowest BCUT2D eigenvalue weighted by molar-refractivity contribution is -0.137. The van der Waals surface area contributed by atoms with Crippen LogP contribution in [0.5, 0.6) is 0 Å². The van der Waals surface area contributed by atoms with Crippen molar-refractivity contribution in [3.8, 4) is 11.1 Å². The van der Waals surface area contributed by atoms with Gasteiger partial charge in [0.15, 0.2) is 0 Å². The molecule has 1 unspecified atom stereocenters. The van der Waals surface area contributed by atoms with E-state index in [1.807, 2.05) is 13.8 Å². The van der Waals surface area contributed by atoms with Crippen LogP contribution in [0.4, 0.5) is 13.2 Å². The van der Waals surface area contributed by atoms with Crippen LogP contribution in [-0.2, 0) is 12.7 Å². The Morgan fingerprint density at radius 1 is 1.12 bits per heavy atom. The fourth-order valence-corrected chi connectivity index (χ4v) is 2.52. The van der Waals surface area contributed by atoms with Crippen LogP contribution in [0.2, 0.25) is 0 Å². The minimum atomic E-state index is -4.39. The molecule has 0 amide bonds. The molecule has 0 radical (unpaired) electrons. The van der Waals surface area contributed by atoms with Crippen molar-refractivity contribution in [1.29, 1.82) is 0 Å². The Bertz CT molecular complexity index is 887. The Hall–Kier alpha value is -2.41. The Balaban J connectivity index is 2.01. The van der Waals surface area contributed by atoms with E-state index in [1.54, 1.807) is 23.0 Å². The van der Waals surface area contributed by atoms with Gasteiger partial charge in [-0.05, 0) is 29.7 Å². The van der Waals surface area contributed by atoms with Crippen LogP contribution in [0.3, 0.4) is 0 Å². The maximum atomic E-state index is 12.9. The second kappa shape index (κ2) is 6.48. The molecule has 0 aliphatic carbocycles. The molecule has 3 aromatic rings. The second-order valence-corrected chi connectivity index (χ2v) is 6.34. The van der Waals surface area contributed by atoms with Crippen LogP contribution >= 0.6 is 0 Å². The molecule has 1 atom stereocenters. The molecule has 0 aliphatic heterocycles. The zero-order valence-corrected chi connectivity index (χ0v) is 13.8. The third-order valence-electron chi connectivity index (χ3n) is 4.15. The number of aliphatic hydroxyl groups excluding tert-OH is 1. The monoisotopic (exact) mass is 349 g/mol. The maximum absolute atomic E-state index is 12.9. The van der Waals surface area contributed by atoms with Gasteiger partial charge in [0.25, 0.3) is 0 Å². The molecular weight excluding hydrogens is 331 g/mol. The molecular formula is C18H18F3N3O. The molecule has 0 saturated heterocycles. The highest BCUT2D eigenvalue weighted by Gasteiger charge is 2.30. The van der Waals surface area contributed by atoms with Crippen molar-refractivity contribution >= 4 is 11.0 Å².